The van der Waals surface area contributed by atoms with Gasteiger partial charge >= 0.3 is 0 Å². The Morgan fingerprint density at radius 2 is 1.89 bits per heavy atom. The molecule has 0 bridgehead atoms. The molecule has 0 saturated carbocycles. The highest BCUT2D eigenvalue weighted by atomic mass is 19.1. The van der Waals surface area contributed by atoms with Crippen LogP contribution in [-0.2, 0) is 0 Å². The van der Waals surface area contributed by atoms with Gasteiger partial charge < -0.3 is 4.98 Å². The zero-order chi connectivity index (χ0) is 13.1. The van der Waals surface area contributed by atoms with E-state index in [1.807, 2.05) is 24.3 Å². The summed E-state index contributed by atoms with van der Waals surface area (Å²) in [7, 11) is 0. The number of anilines is 1. The van der Waals surface area contributed by atoms with Gasteiger partial charge in [-0.05, 0) is 29.8 Å². The van der Waals surface area contributed by atoms with Crippen LogP contribution in [0, 0.1) is 5.82 Å². The van der Waals surface area contributed by atoms with E-state index in [9.17, 15) is 4.39 Å². The minimum atomic E-state index is -0.262. The zero-order valence-electron chi connectivity index (χ0n) is 9.97. The van der Waals surface area contributed by atoms with Crippen LogP contribution in [0.15, 0.2) is 53.6 Å². The van der Waals surface area contributed by atoms with E-state index >= 15 is 0 Å². The molecule has 0 aliphatic heterocycles. The molecule has 0 amide bonds. The molecule has 0 aliphatic rings. The third-order valence-corrected chi connectivity index (χ3v) is 2.64. The lowest BCUT2D eigenvalue weighted by atomic mass is 10.2. The lowest BCUT2D eigenvalue weighted by molar-refractivity contribution is 0.628. The van der Waals surface area contributed by atoms with E-state index in [0.29, 0.717) is 5.95 Å². The van der Waals surface area contributed by atoms with Crippen molar-refractivity contribution in [2.75, 3.05) is 5.43 Å². The molecule has 1 aromatic heterocycles. The van der Waals surface area contributed by atoms with Gasteiger partial charge in [-0.1, -0.05) is 24.3 Å². The third-order valence-electron chi connectivity index (χ3n) is 2.64. The summed E-state index contributed by atoms with van der Waals surface area (Å²) in [5.74, 6) is 0.307. The molecule has 0 fully saturated rings. The first-order valence-electron chi connectivity index (χ1n) is 5.81. The molecular formula is C14H11FN4. The second kappa shape index (κ2) is 4.89. The van der Waals surface area contributed by atoms with Crippen molar-refractivity contribution >= 4 is 23.2 Å². The van der Waals surface area contributed by atoms with Crippen molar-refractivity contribution in [3.63, 3.8) is 0 Å². The maximum absolute atomic E-state index is 12.7. The van der Waals surface area contributed by atoms with Crippen LogP contribution < -0.4 is 5.43 Å². The average molecular weight is 254 g/mol. The van der Waals surface area contributed by atoms with Crippen LogP contribution in [0.25, 0.3) is 11.0 Å². The van der Waals surface area contributed by atoms with E-state index in [1.165, 1.54) is 12.1 Å². The Morgan fingerprint density at radius 1 is 1.11 bits per heavy atom. The van der Waals surface area contributed by atoms with Crippen LogP contribution in [0.3, 0.4) is 0 Å². The minimum absolute atomic E-state index is 0.262. The fraction of sp³-hybridized carbons (Fsp3) is 0. The van der Waals surface area contributed by atoms with Crippen LogP contribution in [0.2, 0.25) is 0 Å². The van der Waals surface area contributed by atoms with Crippen LogP contribution >= 0.6 is 0 Å². The summed E-state index contributed by atoms with van der Waals surface area (Å²) in [6.07, 6.45) is 1.60. The largest absolute Gasteiger partial charge is 0.323 e. The highest BCUT2D eigenvalue weighted by Gasteiger charge is 1.99. The number of hydrogen-bond acceptors (Lipinski definition) is 3. The fourth-order valence-electron chi connectivity index (χ4n) is 1.72. The topological polar surface area (TPSA) is 53.1 Å². The van der Waals surface area contributed by atoms with Crippen LogP contribution in [0.4, 0.5) is 10.3 Å². The molecule has 0 unspecified atom stereocenters. The Bertz CT molecular complexity index is 683. The summed E-state index contributed by atoms with van der Waals surface area (Å²) in [6.45, 7) is 0. The molecule has 1 heterocycles. The maximum atomic E-state index is 12.7. The number of nitrogens with one attached hydrogen (secondary N) is 2. The van der Waals surface area contributed by atoms with Gasteiger partial charge in [-0.15, -0.1) is 0 Å². The second-order valence-corrected chi connectivity index (χ2v) is 4.02. The Balaban J connectivity index is 1.73. The molecule has 5 heteroatoms. The smallest absolute Gasteiger partial charge is 0.222 e. The lowest BCUT2D eigenvalue weighted by Crippen LogP contribution is -1.92. The van der Waals surface area contributed by atoms with Crippen molar-refractivity contribution < 1.29 is 4.39 Å². The monoisotopic (exact) mass is 254 g/mol. The average Bonchev–Trinajstić information content (AvgIpc) is 2.83. The van der Waals surface area contributed by atoms with Gasteiger partial charge in [0, 0.05) is 0 Å². The molecule has 0 atom stereocenters. The van der Waals surface area contributed by atoms with Crippen molar-refractivity contribution in [3.8, 4) is 0 Å². The number of fused-ring (bicyclic) bond motifs is 1. The Hall–Kier alpha value is -2.69. The number of aromatic amines is 1. The number of benzene rings is 2. The van der Waals surface area contributed by atoms with E-state index in [0.717, 1.165) is 16.6 Å². The number of hydrazone groups is 1. The molecule has 0 aliphatic carbocycles. The van der Waals surface area contributed by atoms with Gasteiger partial charge in [0.25, 0.3) is 0 Å². The zero-order valence-corrected chi connectivity index (χ0v) is 9.97. The SMILES string of the molecule is Fc1ccc(/C=N/Nc2nc3ccccc3[nH]2)cc1. The number of rotatable bonds is 3. The standard InChI is InChI=1S/C14H11FN4/c15-11-7-5-10(6-8-11)9-16-19-14-17-12-3-1-2-4-13(12)18-14/h1-9H,(H2,17,18,19)/b16-9+. The first-order valence-corrected chi connectivity index (χ1v) is 5.81. The first kappa shape index (κ1) is 11.4. The summed E-state index contributed by atoms with van der Waals surface area (Å²) in [4.78, 5) is 7.41. The molecule has 94 valence electrons. The van der Waals surface area contributed by atoms with Crippen LogP contribution in [0.1, 0.15) is 5.56 Å². The van der Waals surface area contributed by atoms with E-state index in [2.05, 4.69) is 20.5 Å². The van der Waals surface area contributed by atoms with E-state index < -0.39 is 0 Å². The molecule has 0 radical (unpaired) electrons. The summed E-state index contributed by atoms with van der Waals surface area (Å²) in [5.41, 5.74) is 5.44. The lowest BCUT2D eigenvalue weighted by Gasteiger charge is -1.94. The fourth-order valence-corrected chi connectivity index (χ4v) is 1.72. The first-order chi connectivity index (χ1) is 9.31. The van der Waals surface area contributed by atoms with Crippen molar-refractivity contribution in [2.45, 2.75) is 0 Å². The number of halogens is 1. The molecule has 3 rings (SSSR count). The van der Waals surface area contributed by atoms with Gasteiger partial charge in [0.1, 0.15) is 5.82 Å². The Labute approximate surface area is 109 Å². The third kappa shape index (κ3) is 2.60. The summed E-state index contributed by atoms with van der Waals surface area (Å²) < 4.78 is 12.7. The van der Waals surface area contributed by atoms with Gasteiger partial charge in [0.15, 0.2) is 0 Å². The van der Waals surface area contributed by atoms with Crippen molar-refractivity contribution in [3.05, 3.63) is 59.9 Å². The van der Waals surface area contributed by atoms with Gasteiger partial charge in [0.2, 0.25) is 5.95 Å². The van der Waals surface area contributed by atoms with Gasteiger partial charge in [0.05, 0.1) is 17.2 Å². The van der Waals surface area contributed by atoms with Gasteiger partial charge in [-0.25, -0.2) is 14.8 Å². The van der Waals surface area contributed by atoms with Crippen LogP contribution in [0.5, 0.6) is 0 Å². The minimum Gasteiger partial charge on any atom is -0.323 e. The van der Waals surface area contributed by atoms with Crippen molar-refractivity contribution in [1.82, 2.24) is 9.97 Å². The number of aromatic nitrogens is 2. The molecular weight excluding hydrogens is 243 g/mol. The molecule has 2 aromatic carbocycles. The highest BCUT2D eigenvalue weighted by Crippen LogP contribution is 2.12. The molecule has 3 aromatic rings. The summed E-state index contributed by atoms with van der Waals surface area (Å²) >= 11 is 0. The van der Waals surface area contributed by atoms with Crippen molar-refractivity contribution in [1.29, 1.82) is 0 Å². The molecule has 4 nitrogen and oxygen atoms in total. The van der Waals surface area contributed by atoms with Crippen molar-refractivity contribution in [2.24, 2.45) is 5.10 Å². The quantitative estimate of drug-likeness (QED) is 0.557. The maximum Gasteiger partial charge on any atom is 0.222 e. The van der Waals surface area contributed by atoms with E-state index in [1.54, 1.807) is 18.3 Å². The second-order valence-electron chi connectivity index (χ2n) is 4.02. The molecule has 19 heavy (non-hydrogen) atoms. The Morgan fingerprint density at radius 3 is 2.68 bits per heavy atom. The van der Waals surface area contributed by atoms with Gasteiger partial charge in [-0.2, -0.15) is 5.10 Å². The number of imidazole rings is 1. The van der Waals surface area contributed by atoms with E-state index in [-0.39, 0.29) is 5.82 Å². The molecule has 0 spiro atoms. The van der Waals surface area contributed by atoms with Gasteiger partial charge in [-0.3, -0.25) is 0 Å². The predicted octanol–water partition coefficient (Wildman–Crippen LogP) is 3.15. The summed E-state index contributed by atoms with van der Waals surface area (Å²) in [5, 5.41) is 4.05. The normalized spacial score (nSPS) is 11.2. The molecule has 2 N–H and O–H groups in total. The molecule has 0 saturated heterocycles. The predicted molar refractivity (Wildman–Crippen MR) is 73.7 cm³/mol. The Kier molecular flexibility index (Phi) is 2.94. The number of hydrogen-bond donors (Lipinski definition) is 2. The number of nitrogens with zero attached hydrogens (tertiary/aromatic N) is 2. The number of H-pyrrole nitrogens is 1. The van der Waals surface area contributed by atoms with E-state index in [4.69, 9.17) is 0 Å². The van der Waals surface area contributed by atoms with Crippen LogP contribution in [-0.4, -0.2) is 16.2 Å². The summed E-state index contributed by atoms with van der Waals surface area (Å²) in [6, 6.07) is 13.8. The highest BCUT2D eigenvalue weighted by molar-refractivity contribution is 5.80. The number of para-hydroxylation sites is 2.